The van der Waals surface area contributed by atoms with Gasteiger partial charge in [0.2, 0.25) is 10.0 Å². The fourth-order valence-corrected chi connectivity index (χ4v) is 3.82. The van der Waals surface area contributed by atoms with Gasteiger partial charge in [0.15, 0.2) is 0 Å². The van der Waals surface area contributed by atoms with E-state index < -0.39 is 21.1 Å². The highest BCUT2D eigenvalue weighted by molar-refractivity contribution is 7.90. The van der Waals surface area contributed by atoms with Crippen LogP contribution in [0.3, 0.4) is 0 Å². The zero-order chi connectivity index (χ0) is 14.8. The van der Waals surface area contributed by atoms with Crippen LogP contribution in [-0.2, 0) is 10.0 Å². The molecule has 1 fully saturated rings. The zero-order valence-corrected chi connectivity index (χ0v) is 12.0. The first-order valence-corrected chi connectivity index (χ1v) is 7.95. The summed E-state index contributed by atoms with van der Waals surface area (Å²) >= 11 is 0. The van der Waals surface area contributed by atoms with E-state index in [1.165, 1.54) is 18.2 Å². The van der Waals surface area contributed by atoms with Crippen LogP contribution in [0.5, 0.6) is 0 Å². The normalized spacial score (nSPS) is 19.1. The van der Waals surface area contributed by atoms with Crippen molar-refractivity contribution >= 4 is 15.7 Å². The summed E-state index contributed by atoms with van der Waals surface area (Å²) in [5.74, 6) is -0.471. The van der Waals surface area contributed by atoms with Crippen LogP contribution in [0.25, 0.3) is 0 Å². The van der Waals surface area contributed by atoms with Gasteiger partial charge in [0.05, 0.1) is 16.5 Å². The Labute approximate surface area is 118 Å². The number of sulfonamides is 1. The van der Waals surface area contributed by atoms with Crippen molar-refractivity contribution in [2.75, 3.05) is 24.5 Å². The van der Waals surface area contributed by atoms with E-state index in [0.717, 1.165) is 0 Å². The van der Waals surface area contributed by atoms with Crippen molar-refractivity contribution in [2.24, 2.45) is 0 Å². The van der Waals surface area contributed by atoms with E-state index in [1.807, 2.05) is 11.0 Å². The highest BCUT2D eigenvalue weighted by atomic mass is 32.2. The number of halogens is 1. The second-order valence-corrected chi connectivity index (χ2v) is 6.72. The van der Waals surface area contributed by atoms with E-state index in [0.29, 0.717) is 31.7 Å². The van der Waals surface area contributed by atoms with E-state index in [-0.39, 0.29) is 5.56 Å². The Morgan fingerprint density at radius 1 is 1.55 bits per heavy atom. The van der Waals surface area contributed by atoms with Gasteiger partial charge in [-0.15, -0.1) is 0 Å². The van der Waals surface area contributed by atoms with Gasteiger partial charge in [-0.05, 0) is 24.6 Å². The summed E-state index contributed by atoms with van der Waals surface area (Å²) in [6.07, 6.45) is 0.498. The summed E-state index contributed by atoms with van der Waals surface area (Å²) in [4.78, 5) is 1.82. The molecule has 0 aliphatic carbocycles. The third-order valence-corrected chi connectivity index (χ3v) is 5.30. The topological polar surface area (TPSA) is 73.2 Å². The van der Waals surface area contributed by atoms with Gasteiger partial charge in [0, 0.05) is 19.6 Å². The van der Waals surface area contributed by atoms with Gasteiger partial charge in [-0.2, -0.15) is 5.26 Å². The lowest BCUT2D eigenvalue weighted by molar-refractivity contribution is 0.570. The average molecular weight is 297 g/mol. The van der Waals surface area contributed by atoms with Crippen LogP contribution in [0, 0.1) is 17.1 Å². The largest absolute Gasteiger partial charge is 0.369 e. The minimum Gasteiger partial charge on any atom is -0.369 e. The molecule has 20 heavy (non-hydrogen) atoms. The van der Waals surface area contributed by atoms with Crippen LogP contribution >= 0.6 is 0 Å². The predicted molar refractivity (Wildman–Crippen MR) is 74.3 cm³/mol. The number of anilines is 1. The molecule has 7 heteroatoms. The number of hydrogen-bond acceptors (Lipinski definition) is 4. The van der Waals surface area contributed by atoms with Crippen molar-refractivity contribution in [1.82, 2.24) is 4.72 Å². The second kappa shape index (κ2) is 5.77. The van der Waals surface area contributed by atoms with E-state index in [2.05, 4.69) is 4.72 Å². The standard InChI is InChI=1S/C13H16FN3O2S/c1-2-16-20(18,19)12-5-6-17(9-12)13-4-3-11(14)7-10(13)8-15/h3-4,7,12,16H,2,5-6,9H2,1H3/t12-/m1/s1. The summed E-state index contributed by atoms with van der Waals surface area (Å²) in [5.41, 5.74) is 0.814. The lowest BCUT2D eigenvalue weighted by Gasteiger charge is -2.20. The van der Waals surface area contributed by atoms with Crippen molar-refractivity contribution in [1.29, 1.82) is 5.26 Å². The molecule has 1 aliphatic rings. The van der Waals surface area contributed by atoms with E-state index in [1.54, 1.807) is 6.92 Å². The molecule has 0 radical (unpaired) electrons. The summed E-state index contributed by atoms with van der Waals surface area (Å²) in [6.45, 7) is 2.95. The lowest BCUT2D eigenvalue weighted by Crippen LogP contribution is -2.36. The Balaban J connectivity index is 2.20. The van der Waals surface area contributed by atoms with Crippen molar-refractivity contribution in [3.8, 4) is 6.07 Å². The molecule has 5 nitrogen and oxygen atoms in total. The Hall–Kier alpha value is -1.65. The highest BCUT2D eigenvalue weighted by Crippen LogP contribution is 2.27. The lowest BCUT2D eigenvalue weighted by atomic mass is 10.2. The van der Waals surface area contributed by atoms with E-state index >= 15 is 0 Å². The van der Waals surface area contributed by atoms with Crippen LogP contribution in [0.2, 0.25) is 0 Å². The summed E-state index contributed by atoms with van der Waals surface area (Å²) < 4.78 is 39.5. The zero-order valence-electron chi connectivity index (χ0n) is 11.1. The van der Waals surface area contributed by atoms with Gasteiger partial charge in [-0.1, -0.05) is 6.92 Å². The maximum Gasteiger partial charge on any atom is 0.216 e. The van der Waals surface area contributed by atoms with E-state index in [9.17, 15) is 12.8 Å². The van der Waals surface area contributed by atoms with Crippen LogP contribution in [0.4, 0.5) is 10.1 Å². The quantitative estimate of drug-likeness (QED) is 0.907. The fraction of sp³-hybridized carbons (Fsp3) is 0.462. The van der Waals surface area contributed by atoms with Crippen molar-refractivity contribution < 1.29 is 12.8 Å². The first-order chi connectivity index (χ1) is 9.47. The van der Waals surface area contributed by atoms with Crippen LogP contribution < -0.4 is 9.62 Å². The van der Waals surface area contributed by atoms with Gasteiger partial charge >= 0.3 is 0 Å². The average Bonchev–Trinajstić information content (AvgIpc) is 2.88. The van der Waals surface area contributed by atoms with Gasteiger partial charge in [0.1, 0.15) is 11.9 Å². The van der Waals surface area contributed by atoms with Crippen molar-refractivity contribution in [3.63, 3.8) is 0 Å². The van der Waals surface area contributed by atoms with Crippen LogP contribution in [-0.4, -0.2) is 33.3 Å². The summed E-state index contributed by atoms with van der Waals surface area (Å²) in [6, 6.07) is 5.92. The van der Waals surface area contributed by atoms with Crippen molar-refractivity contribution in [3.05, 3.63) is 29.6 Å². The number of nitrogens with zero attached hydrogens (tertiary/aromatic N) is 2. The monoisotopic (exact) mass is 297 g/mol. The maximum atomic E-state index is 13.1. The molecule has 1 aliphatic heterocycles. The van der Waals surface area contributed by atoms with Crippen LogP contribution in [0.1, 0.15) is 18.9 Å². The highest BCUT2D eigenvalue weighted by Gasteiger charge is 2.33. The van der Waals surface area contributed by atoms with Gasteiger partial charge in [-0.25, -0.2) is 17.5 Å². The summed E-state index contributed by atoms with van der Waals surface area (Å²) in [5, 5.41) is 8.54. The summed E-state index contributed by atoms with van der Waals surface area (Å²) in [7, 11) is -3.33. The number of nitrogens with one attached hydrogen (secondary N) is 1. The minimum absolute atomic E-state index is 0.228. The third-order valence-electron chi connectivity index (χ3n) is 3.35. The minimum atomic E-state index is -3.33. The molecular formula is C13H16FN3O2S. The molecule has 1 heterocycles. The van der Waals surface area contributed by atoms with Crippen molar-refractivity contribution in [2.45, 2.75) is 18.6 Å². The Kier molecular flexibility index (Phi) is 4.26. The second-order valence-electron chi connectivity index (χ2n) is 4.67. The molecule has 0 saturated carbocycles. The first-order valence-electron chi connectivity index (χ1n) is 6.41. The molecule has 0 bridgehead atoms. The smallest absolute Gasteiger partial charge is 0.216 e. The maximum absolute atomic E-state index is 13.1. The number of benzene rings is 1. The molecular weight excluding hydrogens is 281 g/mol. The molecule has 0 spiro atoms. The molecule has 1 aromatic rings. The molecule has 1 atom stereocenters. The van der Waals surface area contributed by atoms with Gasteiger partial charge < -0.3 is 4.90 Å². The first kappa shape index (κ1) is 14.8. The Bertz CT molecular complexity index is 640. The molecule has 2 rings (SSSR count). The third kappa shape index (κ3) is 2.92. The molecule has 1 aromatic carbocycles. The molecule has 0 amide bonds. The molecule has 0 aromatic heterocycles. The number of nitriles is 1. The van der Waals surface area contributed by atoms with E-state index in [4.69, 9.17) is 5.26 Å². The SMILES string of the molecule is CCNS(=O)(=O)[C@@H]1CCN(c2ccc(F)cc2C#N)C1. The predicted octanol–water partition coefficient (Wildman–Crippen LogP) is 1.22. The van der Waals surface area contributed by atoms with Crippen LogP contribution in [0.15, 0.2) is 18.2 Å². The molecule has 1 N–H and O–H groups in total. The Morgan fingerprint density at radius 2 is 2.30 bits per heavy atom. The fourth-order valence-electron chi connectivity index (χ4n) is 2.39. The molecule has 1 saturated heterocycles. The number of hydrogen-bond donors (Lipinski definition) is 1. The number of rotatable bonds is 4. The molecule has 0 unspecified atom stereocenters. The van der Waals surface area contributed by atoms with Gasteiger partial charge in [-0.3, -0.25) is 0 Å². The molecule has 108 valence electrons. The Morgan fingerprint density at radius 3 is 2.95 bits per heavy atom. The van der Waals surface area contributed by atoms with Gasteiger partial charge in [0.25, 0.3) is 0 Å².